The standard InChI is InChI=1S/C14H25N3O3/c1-2-20-11(9-15)6-8-16-10-13(18)17-7-4-3-5-12(17)14(16)19/h11-12H,2-10,15H2,1H3. The van der Waals surface area contributed by atoms with Crippen LogP contribution < -0.4 is 5.73 Å². The van der Waals surface area contributed by atoms with Crippen LogP contribution in [0.5, 0.6) is 0 Å². The van der Waals surface area contributed by atoms with Gasteiger partial charge in [0.2, 0.25) is 11.8 Å². The van der Waals surface area contributed by atoms with Crippen LogP contribution in [0, 0.1) is 0 Å². The molecule has 2 N–H and O–H groups in total. The Bertz CT molecular complexity index is 362. The third-order valence-electron chi connectivity index (χ3n) is 4.13. The number of amides is 2. The Kier molecular flexibility index (Phi) is 5.37. The Morgan fingerprint density at radius 3 is 2.90 bits per heavy atom. The van der Waals surface area contributed by atoms with Gasteiger partial charge in [0.15, 0.2) is 0 Å². The number of rotatable bonds is 6. The summed E-state index contributed by atoms with van der Waals surface area (Å²) in [6.07, 6.45) is 3.49. The predicted octanol–water partition coefficient (Wildman–Crippen LogP) is -0.0364. The molecule has 2 aliphatic heterocycles. The molecule has 0 aromatic rings. The average Bonchev–Trinajstić information content (AvgIpc) is 2.48. The number of ether oxygens (including phenoxy) is 1. The maximum atomic E-state index is 12.4. The molecule has 2 heterocycles. The molecule has 114 valence electrons. The number of carbonyl (C=O) groups excluding carboxylic acids is 2. The molecule has 2 fully saturated rings. The van der Waals surface area contributed by atoms with E-state index in [0.29, 0.717) is 26.1 Å². The van der Waals surface area contributed by atoms with Crippen molar-refractivity contribution in [3.63, 3.8) is 0 Å². The van der Waals surface area contributed by atoms with Crippen molar-refractivity contribution >= 4 is 11.8 Å². The predicted molar refractivity (Wildman–Crippen MR) is 75.0 cm³/mol. The molecule has 0 radical (unpaired) electrons. The van der Waals surface area contributed by atoms with Crippen LogP contribution >= 0.6 is 0 Å². The molecule has 6 heteroatoms. The van der Waals surface area contributed by atoms with E-state index in [1.54, 1.807) is 9.80 Å². The van der Waals surface area contributed by atoms with E-state index in [-0.39, 0.29) is 30.5 Å². The van der Waals surface area contributed by atoms with Gasteiger partial charge in [0.05, 0.1) is 12.6 Å². The fourth-order valence-electron chi connectivity index (χ4n) is 3.02. The van der Waals surface area contributed by atoms with Gasteiger partial charge in [-0.15, -0.1) is 0 Å². The van der Waals surface area contributed by atoms with Gasteiger partial charge in [-0.3, -0.25) is 9.59 Å². The summed E-state index contributed by atoms with van der Waals surface area (Å²) in [5.41, 5.74) is 5.64. The fourth-order valence-corrected chi connectivity index (χ4v) is 3.02. The summed E-state index contributed by atoms with van der Waals surface area (Å²) in [7, 11) is 0. The van der Waals surface area contributed by atoms with Crippen LogP contribution in [0.4, 0.5) is 0 Å². The van der Waals surface area contributed by atoms with Crippen LogP contribution in [0.1, 0.15) is 32.6 Å². The number of fused-ring (bicyclic) bond motifs is 1. The first-order valence-electron chi connectivity index (χ1n) is 7.57. The van der Waals surface area contributed by atoms with Crippen molar-refractivity contribution in [2.24, 2.45) is 5.73 Å². The Hall–Kier alpha value is -1.14. The summed E-state index contributed by atoms with van der Waals surface area (Å²) in [4.78, 5) is 28.0. The number of piperidine rings is 1. The summed E-state index contributed by atoms with van der Waals surface area (Å²) in [5.74, 6) is 0.173. The number of carbonyl (C=O) groups is 2. The van der Waals surface area contributed by atoms with E-state index in [1.165, 1.54) is 0 Å². The molecule has 0 bridgehead atoms. The van der Waals surface area contributed by atoms with Gasteiger partial charge in [0.1, 0.15) is 6.04 Å². The van der Waals surface area contributed by atoms with E-state index in [9.17, 15) is 9.59 Å². The number of hydrogen-bond acceptors (Lipinski definition) is 4. The molecule has 2 unspecified atom stereocenters. The van der Waals surface area contributed by atoms with Crippen molar-refractivity contribution in [1.29, 1.82) is 0 Å². The third kappa shape index (κ3) is 3.30. The zero-order valence-electron chi connectivity index (χ0n) is 12.2. The topological polar surface area (TPSA) is 75.9 Å². The second kappa shape index (κ2) is 7.04. The van der Waals surface area contributed by atoms with Crippen LogP contribution in [0.3, 0.4) is 0 Å². The Morgan fingerprint density at radius 1 is 1.40 bits per heavy atom. The van der Waals surface area contributed by atoms with Gasteiger partial charge in [-0.25, -0.2) is 0 Å². The molecular weight excluding hydrogens is 258 g/mol. The highest BCUT2D eigenvalue weighted by atomic mass is 16.5. The van der Waals surface area contributed by atoms with Gasteiger partial charge in [-0.1, -0.05) is 0 Å². The molecule has 2 aliphatic rings. The highest BCUT2D eigenvalue weighted by Gasteiger charge is 2.40. The number of piperazine rings is 1. The summed E-state index contributed by atoms with van der Waals surface area (Å²) in [6.45, 7) is 4.48. The minimum Gasteiger partial charge on any atom is -0.377 e. The highest BCUT2D eigenvalue weighted by Crippen LogP contribution is 2.23. The van der Waals surface area contributed by atoms with Crippen molar-refractivity contribution in [3.05, 3.63) is 0 Å². The molecule has 0 spiro atoms. The molecule has 2 atom stereocenters. The molecule has 0 aromatic carbocycles. The average molecular weight is 283 g/mol. The molecule has 20 heavy (non-hydrogen) atoms. The van der Waals surface area contributed by atoms with E-state index < -0.39 is 0 Å². The quantitative estimate of drug-likeness (QED) is 0.742. The molecular formula is C14H25N3O3. The fraction of sp³-hybridized carbons (Fsp3) is 0.857. The van der Waals surface area contributed by atoms with Crippen LogP contribution in [-0.4, -0.2) is 66.5 Å². The minimum absolute atomic E-state index is 0.0349. The Balaban J connectivity index is 1.91. The first-order valence-corrected chi connectivity index (χ1v) is 7.57. The maximum absolute atomic E-state index is 12.4. The lowest BCUT2D eigenvalue weighted by molar-refractivity contribution is -0.158. The van der Waals surface area contributed by atoms with E-state index in [0.717, 1.165) is 25.8 Å². The van der Waals surface area contributed by atoms with Crippen molar-refractivity contribution in [2.45, 2.75) is 44.8 Å². The van der Waals surface area contributed by atoms with Gasteiger partial charge in [-0.2, -0.15) is 0 Å². The summed E-state index contributed by atoms with van der Waals surface area (Å²) < 4.78 is 5.49. The lowest BCUT2D eigenvalue weighted by Crippen LogP contribution is -2.61. The van der Waals surface area contributed by atoms with Crippen LogP contribution in [0.25, 0.3) is 0 Å². The first kappa shape index (κ1) is 15.3. The Labute approximate surface area is 120 Å². The van der Waals surface area contributed by atoms with E-state index in [4.69, 9.17) is 10.5 Å². The van der Waals surface area contributed by atoms with E-state index in [1.807, 2.05) is 6.92 Å². The number of nitrogens with zero attached hydrogens (tertiary/aromatic N) is 2. The van der Waals surface area contributed by atoms with Crippen LogP contribution in [-0.2, 0) is 14.3 Å². The normalized spacial score (nSPS) is 24.8. The SMILES string of the molecule is CCOC(CN)CCN1CC(=O)N2CCCCC2C1=O. The van der Waals surface area contributed by atoms with Gasteiger partial charge in [-0.05, 0) is 32.6 Å². The number of nitrogens with two attached hydrogens (primary N) is 1. The molecule has 2 amide bonds. The Morgan fingerprint density at radius 2 is 2.20 bits per heavy atom. The monoisotopic (exact) mass is 283 g/mol. The first-order chi connectivity index (χ1) is 9.67. The van der Waals surface area contributed by atoms with E-state index >= 15 is 0 Å². The van der Waals surface area contributed by atoms with Crippen molar-refractivity contribution in [3.8, 4) is 0 Å². The molecule has 2 rings (SSSR count). The van der Waals surface area contributed by atoms with Crippen molar-refractivity contribution < 1.29 is 14.3 Å². The second-order valence-electron chi connectivity index (χ2n) is 5.46. The van der Waals surface area contributed by atoms with Crippen molar-refractivity contribution in [2.75, 3.05) is 32.8 Å². The molecule has 0 aliphatic carbocycles. The zero-order valence-corrected chi connectivity index (χ0v) is 12.2. The largest absolute Gasteiger partial charge is 0.377 e. The molecule has 0 aromatic heterocycles. The molecule has 0 saturated carbocycles. The zero-order chi connectivity index (χ0) is 14.5. The summed E-state index contributed by atoms with van der Waals surface area (Å²) in [6, 6.07) is -0.228. The van der Waals surface area contributed by atoms with Gasteiger partial charge in [0, 0.05) is 26.2 Å². The highest BCUT2D eigenvalue weighted by molar-refractivity contribution is 5.95. The number of hydrogen-bond donors (Lipinski definition) is 1. The van der Waals surface area contributed by atoms with Gasteiger partial charge in [0.25, 0.3) is 0 Å². The summed E-state index contributed by atoms with van der Waals surface area (Å²) in [5, 5.41) is 0. The second-order valence-corrected chi connectivity index (χ2v) is 5.46. The van der Waals surface area contributed by atoms with Crippen LogP contribution in [0.2, 0.25) is 0 Å². The summed E-state index contributed by atoms with van der Waals surface area (Å²) >= 11 is 0. The van der Waals surface area contributed by atoms with Crippen molar-refractivity contribution in [1.82, 2.24) is 9.80 Å². The minimum atomic E-state index is -0.228. The van der Waals surface area contributed by atoms with Gasteiger partial charge >= 0.3 is 0 Å². The lowest BCUT2D eigenvalue weighted by atomic mass is 9.98. The lowest BCUT2D eigenvalue weighted by Gasteiger charge is -2.43. The third-order valence-corrected chi connectivity index (χ3v) is 4.13. The molecule has 6 nitrogen and oxygen atoms in total. The smallest absolute Gasteiger partial charge is 0.245 e. The maximum Gasteiger partial charge on any atom is 0.245 e. The van der Waals surface area contributed by atoms with Gasteiger partial charge < -0.3 is 20.3 Å². The van der Waals surface area contributed by atoms with E-state index in [2.05, 4.69) is 0 Å². The molecule has 2 saturated heterocycles. The van der Waals surface area contributed by atoms with Crippen LogP contribution in [0.15, 0.2) is 0 Å².